The third-order valence-corrected chi connectivity index (χ3v) is 5.30. The summed E-state index contributed by atoms with van der Waals surface area (Å²) < 4.78 is 10.8. The highest BCUT2D eigenvalue weighted by molar-refractivity contribution is 5.79. The highest BCUT2D eigenvalue weighted by Gasteiger charge is 2.29. The van der Waals surface area contributed by atoms with Gasteiger partial charge in [-0.3, -0.25) is 4.79 Å². The van der Waals surface area contributed by atoms with E-state index in [-0.39, 0.29) is 17.9 Å². The first-order valence-corrected chi connectivity index (χ1v) is 10.5. The van der Waals surface area contributed by atoms with Crippen LogP contribution in [-0.4, -0.2) is 61.9 Å². The van der Waals surface area contributed by atoms with Gasteiger partial charge in [0, 0.05) is 44.3 Å². The van der Waals surface area contributed by atoms with E-state index in [4.69, 9.17) is 9.47 Å². The average Bonchev–Trinajstić information content (AvgIpc) is 2.72. The summed E-state index contributed by atoms with van der Waals surface area (Å²) in [6.45, 7) is 10.6. The van der Waals surface area contributed by atoms with Crippen molar-refractivity contribution in [2.75, 3.05) is 44.3 Å². The molecule has 2 amide bonds. The molecule has 0 radical (unpaired) electrons. The maximum absolute atomic E-state index is 12.5. The van der Waals surface area contributed by atoms with Crippen molar-refractivity contribution in [1.82, 2.24) is 10.2 Å². The Morgan fingerprint density at radius 1 is 1.07 bits per heavy atom. The van der Waals surface area contributed by atoms with Gasteiger partial charge in [0.05, 0.1) is 13.2 Å². The Kier molecular flexibility index (Phi) is 7.00. The molecule has 29 heavy (non-hydrogen) atoms. The fourth-order valence-electron chi connectivity index (χ4n) is 3.63. The predicted molar refractivity (Wildman–Crippen MR) is 112 cm³/mol. The molecule has 0 atom stereocenters. The lowest BCUT2D eigenvalue weighted by atomic mass is 9.96. The van der Waals surface area contributed by atoms with Crippen LogP contribution in [-0.2, 0) is 20.8 Å². The number of hydrogen-bond acceptors (Lipinski definition) is 5. The van der Waals surface area contributed by atoms with Gasteiger partial charge in [0.25, 0.3) is 0 Å². The summed E-state index contributed by atoms with van der Waals surface area (Å²) in [6, 6.07) is 8.34. The standard InChI is InChI=1S/C22H33N3O4/c1-22(2,3)29-21(27)25-10-8-18(9-11-25)20(26)23-16-17-4-6-19(7-5-17)24-12-14-28-15-13-24/h4-7,18H,8-16H2,1-3H3,(H,23,26). The molecule has 0 saturated carbocycles. The number of piperidine rings is 1. The lowest BCUT2D eigenvalue weighted by Gasteiger charge is -2.33. The van der Waals surface area contributed by atoms with Crippen LogP contribution in [0.2, 0.25) is 0 Å². The van der Waals surface area contributed by atoms with Crippen molar-refractivity contribution in [3.63, 3.8) is 0 Å². The number of carbonyl (C=O) groups is 2. The molecule has 0 aliphatic carbocycles. The van der Waals surface area contributed by atoms with E-state index >= 15 is 0 Å². The molecule has 2 saturated heterocycles. The molecule has 0 aromatic heterocycles. The van der Waals surface area contributed by atoms with Gasteiger partial charge in [-0.1, -0.05) is 12.1 Å². The smallest absolute Gasteiger partial charge is 0.410 e. The molecule has 2 aliphatic rings. The molecule has 2 heterocycles. The Balaban J connectivity index is 1.41. The maximum Gasteiger partial charge on any atom is 0.410 e. The van der Waals surface area contributed by atoms with E-state index in [0.717, 1.165) is 31.9 Å². The van der Waals surface area contributed by atoms with Crippen LogP contribution in [0.15, 0.2) is 24.3 Å². The number of hydrogen-bond donors (Lipinski definition) is 1. The number of benzene rings is 1. The van der Waals surface area contributed by atoms with Crippen LogP contribution in [0.3, 0.4) is 0 Å². The number of nitrogens with zero attached hydrogens (tertiary/aromatic N) is 2. The van der Waals surface area contributed by atoms with Crippen molar-refractivity contribution in [3.05, 3.63) is 29.8 Å². The van der Waals surface area contributed by atoms with Crippen molar-refractivity contribution in [1.29, 1.82) is 0 Å². The average molecular weight is 404 g/mol. The van der Waals surface area contributed by atoms with Gasteiger partial charge in [0.2, 0.25) is 5.91 Å². The van der Waals surface area contributed by atoms with E-state index < -0.39 is 5.60 Å². The summed E-state index contributed by atoms with van der Waals surface area (Å²) in [4.78, 5) is 28.7. The first-order chi connectivity index (χ1) is 13.8. The second-order valence-corrected chi connectivity index (χ2v) is 8.73. The first kappa shape index (κ1) is 21.4. The van der Waals surface area contributed by atoms with E-state index in [1.807, 2.05) is 20.8 Å². The summed E-state index contributed by atoms with van der Waals surface area (Å²) in [5.74, 6) is 0.00686. The Morgan fingerprint density at radius 3 is 2.28 bits per heavy atom. The summed E-state index contributed by atoms with van der Waals surface area (Å²) in [6.07, 6.45) is 1.04. The summed E-state index contributed by atoms with van der Waals surface area (Å²) in [5.41, 5.74) is 1.78. The van der Waals surface area contributed by atoms with Gasteiger partial charge in [-0.25, -0.2) is 4.79 Å². The third-order valence-electron chi connectivity index (χ3n) is 5.30. The molecular formula is C22H33N3O4. The lowest BCUT2D eigenvalue weighted by Crippen LogP contribution is -2.44. The van der Waals surface area contributed by atoms with Gasteiger partial charge < -0.3 is 24.6 Å². The SMILES string of the molecule is CC(C)(C)OC(=O)N1CCC(C(=O)NCc2ccc(N3CCOCC3)cc2)CC1. The molecule has 2 aliphatic heterocycles. The van der Waals surface area contributed by atoms with Crippen LogP contribution in [0.5, 0.6) is 0 Å². The molecule has 7 nitrogen and oxygen atoms in total. The molecule has 0 spiro atoms. The van der Waals surface area contributed by atoms with E-state index in [2.05, 4.69) is 34.5 Å². The van der Waals surface area contributed by atoms with Crippen molar-refractivity contribution in [2.24, 2.45) is 5.92 Å². The monoisotopic (exact) mass is 403 g/mol. The van der Waals surface area contributed by atoms with Gasteiger partial charge in [0.15, 0.2) is 0 Å². The number of likely N-dealkylation sites (tertiary alicyclic amines) is 1. The molecule has 1 aromatic rings. The molecule has 2 fully saturated rings. The number of morpholine rings is 1. The second-order valence-electron chi connectivity index (χ2n) is 8.73. The zero-order valence-electron chi connectivity index (χ0n) is 17.8. The molecule has 7 heteroatoms. The fraction of sp³-hybridized carbons (Fsp3) is 0.636. The minimum Gasteiger partial charge on any atom is -0.444 e. The van der Waals surface area contributed by atoms with E-state index in [1.165, 1.54) is 5.69 Å². The van der Waals surface area contributed by atoms with Crippen LogP contribution in [0.4, 0.5) is 10.5 Å². The number of anilines is 1. The second kappa shape index (κ2) is 9.48. The van der Waals surface area contributed by atoms with Crippen LogP contribution >= 0.6 is 0 Å². The normalized spacial score (nSPS) is 18.4. The first-order valence-electron chi connectivity index (χ1n) is 10.5. The molecule has 0 unspecified atom stereocenters. The van der Waals surface area contributed by atoms with Crippen molar-refractivity contribution in [2.45, 2.75) is 45.8 Å². The molecule has 3 rings (SSSR count). The van der Waals surface area contributed by atoms with Crippen LogP contribution in [0.1, 0.15) is 39.2 Å². The number of nitrogens with one attached hydrogen (secondary N) is 1. The van der Waals surface area contributed by atoms with E-state index in [1.54, 1.807) is 4.90 Å². The minimum absolute atomic E-state index is 0.0543. The maximum atomic E-state index is 12.5. The molecule has 160 valence electrons. The van der Waals surface area contributed by atoms with Gasteiger partial charge in [-0.15, -0.1) is 0 Å². The van der Waals surface area contributed by atoms with Crippen molar-refractivity contribution < 1.29 is 19.1 Å². The quantitative estimate of drug-likeness (QED) is 0.837. The van der Waals surface area contributed by atoms with Gasteiger partial charge >= 0.3 is 6.09 Å². The van der Waals surface area contributed by atoms with E-state index in [0.29, 0.717) is 32.5 Å². The number of ether oxygens (including phenoxy) is 2. The molecule has 1 N–H and O–H groups in total. The van der Waals surface area contributed by atoms with Gasteiger partial charge in [-0.2, -0.15) is 0 Å². The zero-order chi connectivity index (χ0) is 20.9. The lowest BCUT2D eigenvalue weighted by molar-refractivity contribution is -0.126. The third kappa shape index (κ3) is 6.35. The Labute approximate surface area is 173 Å². The summed E-state index contributed by atoms with van der Waals surface area (Å²) >= 11 is 0. The predicted octanol–water partition coefficient (Wildman–Crippen LogP) is 2.79. The molecule has 0 bridgehead atoms. The Bertz CT molecular complexity index is 685. The van der Waals surface area contributed by atoms with Crippen LogP contribution in [0.25, 0.3) is 0 Å². The van der Waals surface area contributed by atoms with Gasteiger partial charge in [0.1, 0.15) is 5.60 Å². The molecule has 1 aromatic carbocycles. The largest absolute Gasteiger partial charge is 0.444 e. The Morgan fingerprint density at radius 2 is 1.69 bits per heavy atom. The zero-order valence-corrected chi connectivity index (χ0v) is 17.8. The number of carbonyl (C=O) groups excluding carboxylic acids is 2. The molecular weight excluding hydrogens is 370 g/mol. The minimum atomic E-state index is -0.497. The number of rotatable bonds is 4. The Hall–Kier alpha value is -2.28. The highest BCUT2D eigenvalue weighted by Crippen LogP contribution is 2.20. The summed E-state index contributed by atoms with van der Waals surface area (Å²) in [7, 11) is 0. The highest BCUT2D eigenvalue weighted by atomic mass is 16.6. The van der Waals surface area contributed by atoms with Crippen molar-refractivity contribution in [3.8, 4) is 0 Å². The van der Waals surface area contributed by atoms with E-state index in [9.17, 15) is 9.59 Å². The van der Waals surface area contributed by atoms with Crippen molar-refractivity contribution >= 4 is 17.7 Å². The van der Waals surface area contributed by atoms with Crippen LogP contribution < -0.4 is 10.2 Å². The fourth-order valence-corrected chi connectivity index (χ4v) is 3.63. The number of amides is 2. The van der Waals surface area contributed by atoms with Gasteiger partial charge in [-0.05, 0) is 51.3 Å². The topological polar surface area (TPSA) is 71.1 Å². The summed E-state index contributed by atoms with van der Waals surface area (Å²) in [5, 5.41) is 3.04. The van der Waals surface area contributed by atoms with Crippen LogP contribution in [0, 0.1) is 5.92 Å².